The molecule has 70 valence electrons. The van der Waals surface area contributed by atoms with Crippen molar-refractivity contribution in [3.05, 3.63) is 29.6 Å². The van der Waals surface area contributed by atoms with Crippen LogP contribution < -0.4 is 10.9 Å². The van der Waals surface area contributed by atoms with Crippen molar-refractivity contribution in [3.63, 3.8) is 0 Å². The molecule has 0 unspecified atom stereocenters. The van der Waals surface area contributed by atoms with Gasteiger partial charge in [-0.05, 0) is 30.1 Å². The molecule has 0 aliphatic rings. The molecular formula is C7H8FN3OS. The fraction of sp³-hybridized carbons (Fsp3) is 0. The molecule has 0 aliphatic carbocycles. The highest BCUT2D eigenvalue weighted by Gasteiger charge is 2.05. The molecule has 5 N–H and O–H groups in total. The zero-order chi connectivity index (χ0) is 9.84. The standard InChI is InChI=1S/C7H8FN3OS/c8-5-3-4(7(9)11-12)1-2-6(5)13-10/h1-3,12H,10H2,(H2,9,11). The second-order valence-electron chi connectivity index (χ2n) is 2.25. The number of hydrogen-bond donors (Lipinski definition) is 3. The number of nitrogens with zero attached hydrogens (tertiary/aromatic N) is 1. The Kier molecular flexibility index (Phi) is 3.10. The predicted molar refractivity (Wildman–Crippen MR) is 49.0 cm³/mol. The number of oxime groups is 1. The molecule has 0 saturated carbocycles. The van der Waals surface area contributed by atoms with E-state index >= 15 is 0 Å². The Morgan fingerprint density at radius 1 is 1.54 bits per heavy atom. The summed E-state index contributed by atoms with van der Waals surface area (Å²) in [6.07, 6.45) is 0. The number of rotatable bonds is 2. The molecule has 4 nitrogen and oxygen atoms in total. The average molecular weight is 201 g/mol. The smallest absolute Gasteiger partial charge is 0.170 e. The number of benzene rings is 1. The molecule has 0 spiro atoms. The van der Waals surface area contributed by atoms with Gasteiger partial charge in [0.25, 0.3) is 0 Å². The molecule has 0 saturated heterocycles. The fourth-order valence-corrected chi connectivity index (χ4v) is 1.13. The zero-order valence-electron chi connectivity index (χ0n) is 6.57. The summed E-state index contributed by atoms with van der Waals surface area (Å²) < 4.78 is 13.1. The van der Waals surface area contributed by atoms with Crippen LogP contribution in [0.3, 0.4) is 0 Å². The first-order valence-electron chi connectivity index (χ1n) is 3.33. The molecule has 0 aromatic heterocycles. The van der Waals surface area contributed by atoms with Gasteiger partial charge in [0, 0.05) is 5.56 Å². The summed E-state index contributed by atoms with van der Waals surface area (Å²) in [6.45, 7) is 0. The van der Waals surface area contributed by atoms with Crippen molar-refractivity contribution < 1.29 is 9.60 Å². The molecule has 1 aromatic carbocycles. The van der Waals surface area contributed by atoms with E-state index in [1.165, 1.54) is 12.1 Å². The van der Waals surface area contributed by atoms with Gasteiger partial charge in [-0.15, -0.1) is 0 Å². The van der Waals surface area contributed by atoms with Crippen molar-refractivity contribution in [2.45, 2.75) is 4.90 Å². The van der Waals surface area contributed by atoms with E-state index in [0.29, 0.717) is 10.5 Å². The van der Waals surface area contributed by atoms with Gasteiger partial charge in [-0.3, -0.25) is 5.14 Å². The van der Waals surface area contributed by atoms with Gasteiger partial charge in [0.05, 0.1) is 4.90 Å². The fourth-order valence-electron chi connectivity index (χ4n) is 0.813. The van der Waals surface area contributed by atoms with Crippen LogP contribution in [0, 0.1) is 5.82 Å². The molecule has 0 fully saturated rings. The maximum absolute atomic E-state index is 13.1. The topological polar surface area (TPSA) is 84.6 Å². The second-order valence-corrected chi connectivity index (χ2v) is 2.92. The first kappa shape index (κ1) is 9.82. The third-order valence-electron chi connectivity index (χ3n) is 1.46. The highest BCUT2D eigenvalue weighted by molar-refractivity contribution is 7.97. The van der Waals surface area contributed by atoms with Crippen LogP contribution in [-0.2, 0) is 0 Å². The Bertz CT molecular complexity index is 343. The van der Waals surface area contributed by atoms with E-state index in [2.05, 4.69) is 5.16 Å². The van der Waals surface area contributed by atoms with Crippen LogP contribution in [-0.4, -0.2) is 11.0 Å². The number of hydrogen-bond acceptors (Lipinski definition) is 4. The Morgan fingerprint density at radius 2 is 2.23 bits per heavy atom. The minimum atomic E-state index is -0.489. The Hall–Kier alpha value is -1.27. The molecule has 1 aromatic rings. The third-order valence-corrected chi connectivity index (χ3v) is 2.05. The maximum Gasteiger partial charge on any atom is 0.170 e. The van der Waals surface area contributed by atoms with Gasteiger partial charge >= 0.3 is 0 Å². The Balaban J connectivity index is 3.10. The lowest BCUT2D eigenvalue weighted by Crippen LogP contribution is -2.13. The molecular weight excluding hydrogens is 193 g/mol. The predicted octanol–water partition coefficient (Wildman–Crippen LogP) is 0.886. The van der Waals surface area contributed by atoms with Crippen molar-refractivity contribution in [2.24, 2.45) is 16.0 Å². The normalized spacial score (nSPS) is 11.7. The van der Waals surface area contributed by atoms with Crippen molar-refractivity contribution in [3.8, 4) is 0 Å². The van der Waals surface area contributed by atoms with Crippen LogP contribution in [0.25, 0.3) is 0 Å². The van der Waals surface area contributed by atoms with Crippen LogP contribution in [0.5, 0.6) is 0 Å². The second kappa shape index (κ2) is 4.11. The van der Waals surface area contributed by atoms with Gasteiger partial charge in [0.1, 0.15) is 5.82 Å². The first-order valence-corrected chi connectivity index (χ1v) is 4.21. The summed E-state index contributed by atoms with van der Waals surface area (Å²) in [6, 6.07) is 4.14. The summed E-state index contributed by atoms with van der Waals surface area (Å²) in [5.74, 6) is -0.621. The monoisotopic (exact) mass is 201 g/mol. The number of halogens is 1. The highest BCUT2D eigenvalue weighted by Crippen LogP contribution is 2.17. The molecule has 0 amide bonds. The van der Waals surface area contributed by atoms with Crippen LogP contribution in [0.1, 0.15) is 5.56 Å². The Morgan fingerprint density at radius 3 is 2.69 bits per heavy atom. The van der Waals surface area contributed by atoms with Crippen molar-refractivity contribution in [1.82, 2.24) is 0 Å². The van der Waals surface area contributed by atoms with Gasteiger partial charge in [0.2, 0.25) is 0 Å². The lowest BCUT2D eigenvalue weighted by Gasteiger charge is -2.01. The molecule has 0 radical (unpaired) electrons. The highest BCUT2D eigenvalue weighted by atomic mass is 32.2. The van der Waals surface area contributed by atoms with E-state index < -0.39 is 5.82 Å². The van der Waals surface area contributed by atoms with Gasteiger partial charge < -0.3 is 10.9 Å². The summed E-state index contributed by atoms with van der Waals surface area (Å²) >= 11 is 0.805. The quantitative estimate of drug-likeness (QED) is 0.218. The van der Waals surface area contributed by atoms with Gasteiger partial charge in [-0.25, -0.2) is 4.39 Å². The molecule has 13 heavy (non-hydrogen) atoms. The van der Waals surface area contributed by atoms with E-state index in [4.69, 9.17) is 16.1 Å². The summed E-state index contributed by atoms with van der Waals surface area (Å²) in [5, 5.41) is 16.2. The van der Waals surface area contributed by atoms with Crippen LogP contribution in [0.15, 0.2) is 28.3 Å². The Labute approximate surface area is 78.5 Å². The minimum absolute atomic E-state index is 0.132. The van der Waals surface area contributed by atoms with Crippen molar-refractivity contribution >= 4 is 17.8 Å². The SMILES string of the molecule is NSc1ccc(/C(N)=N/O)cc1F. The summed E-state index contributed by atoms with van der Waals surface area (Å²) in [7, 11) is 0. The summed E-state index contributed by atoms with van der Waals surface area (Å²) in [5.41, 5.74) is 5.57. The van der Waals surface area contributed by atoms with Gasteiger partial charge in [0.15, 0.2) is 5.84 Å². The number of amidine groups is 1. The molecule has 1 rings (SSSR count). The zero-order valence-corrected chi connectivity index (χ0v) is 7.38. The van der Waals surface area contributed by atoms with E-state index in [1.54, 1.807) is 0 Å². The van der Waals surface area contributed by atoms with E-state index in [0.717, 1.165) is 18.0 Å². The molecule has 6 heteroatoms. The van der Waals surface area contributed by atoms with Crippen LogP contribution >= 0.6 is 11.9 Å². The van der Waals surface area contributed by atoms with Crippen molar-refractivity contribution in [2.75, 3.05) is 0 Å². The van der Waals surface area contributed by atoms with Crippen LogP contribution in [0.4, 0.5) is 4.39 Å². The average Bonchev–Trinajstić information content (AvgIpc) is 2.16. The molecule has 0 aliphatic heterocycles. The minimum Gasteiger partial charge on any atom is -0.409 e. The third kappa shape index (κ3) is 2.10. The van der Waals surface area contributed by atoms with Crippen LogP contribution in [0.2, 0.25) is 0 Å². The first-order chi connectivity index (χ1) is 6.19. The molecule has 0 atom stereocenters. The summed E-state index contributed by atoms with van der Waals surface area (Å²) in [4.78, 5) is 0.314. The van der Waals surface area contributed by atoms with Crippen molar-refractivity contribution in [1.29, 1.82) is 0 Å². The van der Waals surface area contributed by atoms with Gasteiger partial charge in [-0.2, -0.15) is 0 Å². The lowest BCUT2D eigenvalue weighted by atomic mass is 10.2. The largest absolute Gasteiger partial charge is 0.409 e. The van der Waals surface area contributed by atoms with E-state index in [9.17, 15) is 4.39 Å². The lowest BCUT2D eigenvalue weighted by molar-refractivity contribution is 0.318. The van der Waals surface area contributed by atoms with E-state index in [1.807, 2.05) is 0 Å². The van der Waals surface area contributed by atoms with Gasteiger partial charge in [-0.1, -0.05) is 5.16 Å². The number of nitrogens with two attached hydrogens (primary N) is 2. The molecule has 0 heterocycles. The molecule has 0 bridgehead atoms. The van der Waals surface area contributed by atoms with E-state index in [-0.39, 0.29) is 5.84 Å². The maximum atomic E-state index is 13.1.